The van der Waals surface area contributed by atoms with Crippen LogP contribution in [0.5, 0.6) is 0 Å². The van der Waals surface area contributed by atoms with Gasteiger partial charge in [-0.25, -0.2) is 19.9 Å². The van der Waals surface area contributed by atoms with Gasteiger partial charge < -0.3 is 9.47 Å². The minimum absolute atomic E-state index is 0.370. The van der Waals surface area contributed by atoms with Crippen molar-refractivity contribution >= 4 is 16.9 Å². The molecule has 2 aromatic carbocycles. The van der Waals surface area contributed by atoms with Gasteiger partial charge in [0.1, 0.15) is 23.3 Å². The van der Waals surface area contributed by atoms with Crippen LogP contribution >= 0.6 is 0 Å². The second-order valence-corrected chi connectivity index (χ2v) is 8.51. The maximum atomic E-state index is 4.87. The van der Waals surface area contributed by atoms with E-state index in [1.165, 1.54) is 5.52 Å². The molecule has 1 aliphatic heterocycles. The minimum Gasteiger partial charge on any atom is -0.355 e. The summed E-state index contributed by atoms with van der Waals surface area (Å²) in [5.41, 5.74) is 3.21. The first-order chi connectivity index (χ1) is 16.1. The molecule has 3 aromatic heterocycles. The first-order valence-corrected chi connectivity index (χ1v) is 11.1. The quantitative estimate of drug-likeness (QED) is 0.426. The van der Waals surface area contributed by atoms with Crippen LogP contribution in [0.2, 0.25) is 0 Å². The lowest BCUT2D eigenvalue weighted by Gasteiger charge is -2.39. The number of imidazole rings is 1. The Labute approximate surface area is 191 Å². The van der Waals surface area contributed by atoms with Crippen LogP contribution in [0.3, 0.4) is 0 Å². The fraction of sp³-hybridized carbons (Fsp3) is 0.240. The van der Waals surface area contributed by atoms with Gasteiger partial charge in [-0.1, -0.05) is 42.5 Å². The summed E-state index contributed by atoms with van der Waals surface area (Å²) in [6.45, 7) is 5.56. The van der Waals surface area contributed by atoms with Crippen LogP contribution < -0.4 is 4.90 Å². The largest absolute Gasteiger partial charge is 0.355 e. The summed E-state index contributed by atoms with van der Waals surface area (Å²) in [6, 6.07) is 20.3. The zero-order chi connectivity index (χ0) is 22.5. The molecule has 0 N–H and O–H groups in total. The van der Waals surface area contributed by atoms with Gasteiger partial charge in [0, 0.05) is 31.8 Å². The van der Waals surface area contributed by atoms with Crippen molar-refractivity contribution in [3.8, 4) is 17.2 Å². The second kappa shape index (κ2) is 7.51. The first-order valence-electron chi connectivity index (χ1n) is 11.1. The average molecular weight is 437 g/mol. The van der Waals surface area contributed by atoms with Gasteiger partial charge in [-0.05, 0) is 26.0 Å². The number of aryl methyl sites for hydroxylation is 3. The Morgan fingerprint density at radius 3 is 2.30 bits per heavy atom. The molecule has 0 aliphatic carbocycles. The van der Waals surface area contributed by atoms with Crippen molar-refractivity contribution in [2.24, 2.45) is 7.05 Å². The van der Waals surface area contributed by atoms with Crippen LogP contribution in [0, 0.1) is 13.8 Å². The maximum Gasteiger partial charge on any atom is 0.165 e. The summed E-state index contributed by atoms with van der Waals surface area (Å²) in [7, 11) is 2.10. The highest BCUT2D eigenvalue weighted by molar-refractivity contribution is 5.76. The fourth-order valence-electron chi connectivity index (χ4n) is 4.51. The molecule has 0 bridgehead atoms. The van der Waals surface area contributed by atoms with E-state index in [-0.39, 0.29) is 0 Å². The number of para-hydroxylation sites is 2. The predicted octanol–water partition coefficient (Wildman–Crippen LogP) is 3.83. The Kier molecular flexibility index (Phi) is 4.46. The van der Waals surface area contributed by atoms with Gasteiger partial charge in [0.25, 0.3) is 0 Å². The molecule has 0 radical (unpaired) electrons. The van der Waals surface area contributed by atoms with E-state index in [9.17, 15) is 0 Å². The third kappa shape index (κ3) is 3.34. The van der Waals surface area contributed by atoms with Crippen molar-refractivity contribution in [2.45, 2.75) is 19.8 Å². The van der Waals surface area contributed by atoms with E-state index < -0.39 is 0 Å². The summed E-state index contributed by atoms with van der Waals surface area (Å²) < 4.78 is 4.02. The molecular weight excluding hydrogens is 412 g/mol. The normalized spacial score (nSPS) is 14.1. The van der Waals surface area contributed by atoms with Crippen molar-refractivity contribution in [1.82, 2.24) is 34.3 Å². The zero-order valence-electron chi connectivity index (χ0n) is 18.8. The highest BCUT2D eigenvalue weighted by atomic mass is 15.4. The molecule has 8 nitrogen and oxygen atoms in total. The first kappa shape index (κ1) is 19.6. The Hall–Kier alpha value is -4.07. The molecule has 0 unspecified atom stereocenters. The molecule has 1 fully saturated rings. The monoisotopic (exact) mass is 436 g/mol. The molecule has 0 atom stereocenters. The summed E-state index contributed by atoms with van der Waals surface area (Å²) in [4.78, 5) is 21.2. The van der Waals surface area contributed by atoms with E-state index in [4.69, 9.17) is 9.97 Å². The lowest BCUT2D eigenvalue weighted by Crippen LogP contribution is -2.46. The van der Waals surface area contributed by atoms with E-state index >= 15 is 0 Å². The molecule has 0 amide bonds. The number of nitrogens with zero attached hydrogens (tertiary/aromatic N) is 8. The molecule has 33 heavy (non-hydrogen) atoms. The van der Waals surface area contributed by atoms with Crippen molar-refractivity contribution in [2.75, 3.05) is 18.0 Å². The number of anilines is 1. The minimum atomic E-state index is 0.370. The highest BCUT2D eigenvalue weighted by Gasteiger charge is 2.33. The number of fused-ring (bicyclic) bond motifs is 1. The molecule has 0 saturated carbocycles. The zero-order valence-corrected chi connectivity index (χ0v) is 18.8. The van der Waals surface area contributed by atoms with Crippen molar-refractivity contribution < 1.29 is 0 Å². The molecule has 6 rings (SSSR count). The fourth-order valence-corrected chi connectivity index (χ4v) is 4.51. The molecule has 8 heteroatoms. The van der Waals surface area contributed by atoms with Gasteiger partial charge in [-0.15, -0.1) is 5.10 Å². The van der Waals surface area contributed by atoms with E-state index in [1.807, 2.05) is 61.0 Å². The molecule has 1 saturated heterocycles. The summed E-state index contributed by atoms with van der Waals surface area (Å²) in [5.74, 6) is 5.31. The third-order valence-electron chi connectivity index (χ3n) is 6.17. The van der Waals surface area contributed by atoms with Crippen LogP contribution in [0.1, 0.15) is 23.4 Å². The van der Waals surface area contributed by atoms with Gasteiger partial charge in [0.2, 0.25) is 0 Å². The molecule has 0 spiro atoms. The Morgan fingerprint density at radius 1 is 0.788 bits per heavy atom. The standard InChI is InChI=1S/C25H24N8/c1-16-26-22(32-14-19(15-32)24-29-20-11-7-8-12-21(20)31(24)3)13-23(27-16)33-25(28-17(2)30-33)18-9-5-4-6-10-18/h4-13,19H,14-15H2,1-3H3. The number of hydrogen-bond donors (Lipinski definition) is 0. The molecule has 164 valence electrons. The van der Waals surface area contributed by atoms with Crippen LogP contribution in [0.4, 0.5) is 5.82 Å². The SMILES string of the molecule is Cc1nc(N2CC(c3nc4ccccc4n3C)C2)cc(-n2nc(C)nc2-c2ccccc2)n1. The molecule has 5 aromatic rings. The average Bonchev–Trinajstić information content (AvgIpc) is 3.34. The number of rotatable bonds is 4. The Bertz CT molecular complexity index is 1460. The maximum absolute atomic E-state index is 4.87. The van der Waals surface area contributed by atoms with E-state index in [2.05, 4.69) is 49.8 Å². The molecular formula is C25H24N8. The Balaban J connectivity index is 1.30. The van der Waals surface area contributed by atoms with E-state index in [0.29, 0.717) is 17.6 Å². The molecule has 4 heterocycles. The van der Waals surface area contributed by atoms with Gasteiger partial charge in [0.05, 0.1) is 17.0 Å². The smallest absolute Gasteiger partial charge is 0.165 e. The lowest BCUT2D eigenvalue weighted by atomic mass is 9.99. The predicted molar refractivity (Wildman–Crippen MR) is 128 cm³/mol. The van der Waals surface area contributed by atoms with Gasteiger partial charge in [-0.2, -0.15) is 4.68 Å². The molecule has 1 aliphatic rings. The summed E-state index contributed by atoms with van der Waals surface area (Å²) in [6.07, 6.45) is 0. The van der Waals surface area contributed by atoms with Gasteiger partial charge in [-0.3, -0.25) is 0 Å². The van der Waals surface area contributed by atoms with Crippen LogP contribution in [-0.4, -0.2) is 47.4 Å². The number of hydrogen-bond acceptors (Lipinski definition) is 6. The third-order valence-corrected chi connectivity index (χ3v) is 6.17. The highest BCUT2D eigenvalue weighted by Crippen LogP contribution is 2.32. The van der Waals surface area contributed by atoms with Crippen LogP contribution in [0.15, 0.2) is 60.7 Å². The topological polar surface area (TPSA) is 77.5 Å². The van der Waals surface area contributed by atoms with Gasteiger partial charge in [0.15, 0.2) is 11.6 Å². The van der Waals surface area contributed by atoms with E-state index in [0.717, 1.165) is 47.5 Å². The number of aromatic nitrogens is 7. The summed E-state index contributed by atoms with van der Waals surface area (Å²) in [5, 5.41) is 4.62. The lowest BCUT2D eigenvalue weighted by molar-refractivity contribution is 0.485. The Morgan fingerprint density at radius 2 is 1.52 bits per heavy atom. The van der Waals surface area contributed by atoms with Crippen LogP contribution in [-0.2, 0) is 7.05 Å². The van der Waals surface area contributed by atoms with Crippen molar-refractivity contribution in [1.29, 1.82) is 0 Å². The van der Waals surface area contributed by atoms with Crippen molar-refractivity contribution in [3.63, 3.8) is 0 Å². The van der Waals surface area contributed by atoms with E-state index in [1.54, 1.807) is 0 Å². The summed E-state index contributed by atoms with van der Waals surface area (Å²) >= 11 is 0. The van der Waals surface area contributed by atoms with Crippen LogP contribution in [0.25, 0.3) is 28.2 Å². The second-order valence-electron chi connectivity index (χ2n) is 8.51. The van der Waals surface area contributed by atoms with Crippen molar-refractivity contribution in [3.05, 3.63) is 78.1 Å². The number of benzene rings is 2. The van der Waals surface area contributed by atoms with Gasteiger partial charge >= 0.3 is 0 Å².